The fourth-order valence-electron chi connectivity index (χ4n) is 2.42. The van der Waals surface area contributed by atoms with Crippen molar-refractivity contribution in [3.63, 3.8) is 0 Å². The topological polar surface area (TPSA) is 49.6 Å². The SMILES string of the molecule is NC[C@@H]1CCCN1C(=O)N1CCCC1. The molecule has 0 saturated carbocycles. The highest BCUT2D eigenvalue weighted by Gasteiger charge is 2.31. The van der Waals surface area contributed by atoms with Gasteiger partial charge in [0.1, 0.15) is 0 Å². The molecule has 0 aliphatic carbocycles. The molecule has 2 aliphatic heterocycles. The van der Waals surface area contributed by atoms with E-state index in [0.717, 1.165) is 45.3 Å². The van der Waals surface area contributed by atoms with Crippen LogP contribution < -0.4 is 5.73 Å². The molecule has 2 N–H and O–H groups in total. The van der Waals surface area contributed by atoms with Gasteiger partial charge in [-0.25, -0.2) is 4.79 Å². The molecule has 2 heterocycles. The number of urea groups is 1. The van der Waals surface area contributed by atoms with Gasteiger partial charge in [-0.1, -0.05) is 0 Å². The summed E-state index contributed by atoms with van der Waals surface area (Å²) in [5.74, 6) is 0. The van der Waals surface area contributed by atoms with Crippen LogP contribution in [0.2, 0.25) is 0 Å². The standard InChI is InChI=1S/C10H19N3O/c11-8-9-4-3-7-13(9)10(14)12-5-1-2-6-12/h9H,1-8,11H2/t9-/m0/s1. The van der Waals surface area contributed by atoms with Gasteiger partial charge in [-0.3, -0.25) is 0 Å². The molecule has 4 heteroatoms. The maximum Gasteiger partial charge on any atom is 0.320 e. The van der Waals surface area contributed by atoms with Gasteiger partial charge in [-0.05, 0) is 25.7 Å². The number of carbonyl (C=O) groups excluding carboxylic acids is 1. The molecule has 2 amide bonds. The van der Waals surface area contributed by atoms with Crippen LogP contribution in [0.25, 0.3) is 0 Å². The van der Waals surface area contributed by atoms with Crippen molar-refractivity contribution >= 4 is 6.03 Å². The first-order valence-electron chi connectivity index (χ1n) is 5.58. The van der Waals surface area contributed by atoms with Crippen molar-refractivity contribution in [3.05, 3.63) is 0 Å². The first-order valence-corrected chi connectivity index (χ1v) is 5.58. The van der Waals surface area contributed by atoms with Crippen LogP contribution in [0.15, 0.2) is 0 Å². The van der Waals surface area contributed by atoms with Crippen LogP contribution in [-0.4, -0.2) is 48.1 Å². The van der Waals surface area contributed by atoms with Gasteiger partial charge < -0.3 is 15.5 Å². The number of nitrogens with two attached hydrogens (primary N) is 1. The lowest BCUT2D eigenvalue weighted by molar-refractivity contribution is 0.158. The first-order chi connectivity index (χ1) is 6.83. The number of amides is 2. The smallest absolute Gasteiger partial charge is 0.320 e. The maximum atomic E-state index is 12.0. The van der Waals surface area contributed by atoms with E-state index in [-0.39, 0.29) is 6.03 Å². The Labute approximate surface area is 85.0 Å². The van der Waals surface area contributed by atoms with Crippen LogP contribution in [0.4, 0.5) is 4.79 Å². The minimum absolute atomic E-state index is 0.218. The van der Waals surface area contributed by atoms with Gasteiger partial charge in [0.05, 0.1) is 0 Å². The van der Waals surface area contributed by atoms with E-state index in [9.17, 15) is 4.79 Å². The molecule has 0 aromatic carbocycles. The largest absolute Gasteiger partial charge is 0.328 e. The van der Waals surface area contributed by atoms with E-state index in [1.165, 1.54) is 0 Å². The van der Waals surface area contributed by atoms with E-state index in [0.29, 0.717) is 12.6 Å². The summed E-state index contributed by atoms with van der Waals surface area (Å²) in [5.41, 5.74) is 5.65. The van der Waals surface area contributed by atoms with Crippen molar-refractivity contribution in [3.8, 4) is 0 Å². The highest BCUT2D eigenvalue weighted by molar-refractivity contribution is 5.75. The molecule has 0 unspecified atom stereocenters. The number of carbonyl (C=O) groups is 1. The highest BCUT2D eigenvalue weighted by Crippen LogP contribution is 2.20. The van der Waals surface area contributed by atoms with Crippen LogP contribution in [0.3, 0.4) is 0 Å². The Kier molecular flexibility index (Phi) is 2.91. The van der Waals surface area contributed by atoms with E-state index in [1.54, 1.807) is 0 Å². The van der Waals surface area contributed by atoms with Crippen molar-refractivity contribution in [1.29, 1.82) is 0 Å². The van der Waals surface area contributed by atoms with E-state index in [1.807, 2.05) is 9.80 Å². The number of rotatable bonds is 1. The number of hydrogen-bond acceptors (Lipinski definition) is 2. The van der Waals surface area contributed by atoms with E-state index >= 15 is 0 Å². The zero-order chi connectivity index (χ0) is 9.97. The van der Waals surface area contributed by atoms with Gasteiger partial charge in [0, 0.05) is 32.2 Å². The van der Waals surface area contributed by atoms with Crippen LogP contribution in [-0.2, 0) is 0 Å². The zero-order valence-electron chi connectivity index (χ0n) is 8.61. The Morgan fingerprint density at radius 2 is 1.93 bits per heavy atom. The van der Waals surface area contributed by atoms with Gasteiger partial charge in [0.25, 0.3) is 0 Å². The summed E-state index contributed by atoms with van der Waals surface area (Å²) in [6.07, 6.45) is 4.51. The average Bonchev–Trinajstić information content (AvgIpc) is 2.87. The second-order valence-electron chi connectivity index (χ2n) is 4.20. The van der Waals surface area contributed by atoms with Crippen LogP contribution in [0, 0.1) is 0 Å². The van der Waals surface area contributed by atoms with Crippen LogP contribution in [0.1, 0.15) is 25.7 Å². The molecule has 0 aromatic heterocycles. The highest BCUT2D eigenvalue weighted by atomic mass is 16.2. The molecule has 80 valence electrons. The molecule has 4 nitrogen and oxygen atoms in total. The first kappa shape index (κ1) is 9.77. The molecular weight excluding hydrogens is 178 g/mol. The summed E-state index contributed by atoms with van der Waals surface area (Å²) < 4.78 is 0. The Morgan fingerprint density at radius 3 is 2.57 bits per heavy atom. The van der Waals surface area contributed by atoms with E-state index in [4.69, 9.17) is 5.73 Å². The van der Waals surface area contributed by atoms with Crippen molar-refractivity contribution in [2.24, 2.45) is 5.73 Å². The normalized spacial score (nSPS) is 27.4. The summed E-state index contributed by atoms with van der Waals surface area (Å²) in [6, 6.07) is 0.513. The molecule has 2 aliphatic rings. The summed E-state index contributed by atoms with van der Waals surface area (Å²) in [4.78, 5) is 15.9. The third kappa shape index (κ3) is 1.71. The minimum atomic E-state index is 0.218. The van der Waals surface area contributed by atoms with Crippen LogP contribution in [0.5, 0.6) is 0 Å². The lowest BCUT2D eigenvalue weighted by Crippen LogP contribution is -2.46. The fraction of sp³-hybridized carbons (Fsp3) is 0.900. The average molecular weight is 197 g/mol. The Hall–Kier alpha value is -0.770. The van der Waals surface area contributed by atoms with Crippen molar-refractivity contribution in [2.75, 3.05) is 26.2 Å². The fourth-order valence-corrected chi connectivity index (χ4v) is 2.42. The quantitative estimate of drug-likeness (QED) is 0.670. The summed E-state index contributed by atoms with van der Waals surface area (Å²) in [5, 5.41) is 0. The van der Waals surface area contributed by atoms with E-state index in [2.05, 4.69) is 0 Å². The second-order valence-corrected chi connectivity index (χ2v) is 4.20. The Balaban J connectivity index is 1.95. The lowest BCUT2D eigenvalue weighted by atomic mass is 10.2. The number of likely N-dealkylation sites (tertiary alicyclic amines) is 2. The minimum Gasteiger partial charge on any atom is -0.328 e. The van der Waals surface area contributed by atoms with Crippen molar-refractivity contribution in [1.82, 2.24) is 9.80 Å². The summed E-state index contributed by atoms with van der Waals surface area (Å²) in [7, 11) is 0. The third-order valence-corrected chi connectivity index (χ3v) is 3.27. The monoisotopic (exact) mass is 197 g/mol. The molecule has 0 aromatic rings. The Morgan fingerprint density at radius 1 is 1.21 bits per heavy atom. The molecule has 0 spiro atoms. The van der Waals surface area contributed by atoms with Crippen molar-refractivity contribution < 1.29 is 4.79 Å². The zero-order valence-corrected chi connectivity index (χ0v) is 8.61. The molecule has 2 saturated heterocycles. The molecular formula is C10H19N3O. The van der Waals surface area contributed by atoms with Gasteiger partial charge in [0.15, 0.2) is 0 Å². The maximum absolute atomic E-state index is 12.0. The summed E-state index contributed by atoms with van der Waals surface area (Å²) in [6.45, 7) is 3.38. The lowest BCUT2D eigenvalue weighted by Gasteiger charge is -2.28. The van der Waals surface area contributed by atoms with Gasteiger partial charge in [-0.2, -0.15) is 0 Å². The molecule has 2 fully saturated rings. The summed E-state index contributed by atoms with van der Waals surface area (Å²) >= 11 is 0. The molecule has 2 rings (SSSR count). The van der Waals surface area contributed by atoms with Gasteiger partial charge in [-0.15, -0.1) is 0 Å². The molecule has 0 radical (unpaired) electrons. The van der Waals surface area contributed by atoms with Gasteiger partial charge >= 0.3 is 6.03 Å². The van der Waals surface area contributed by atoms with Crippen molar-refractivity contribution in [2.45, 2.75) is 31.7 Å². The molecule has 0 bridgehead atoms. The predicted octanol–water partition coefficient (Wildman–Crippen LogP) is 0.625. The molecule has 14 heavy (non-hydrogen) atoms. The number of hydrogen-bond donors (Lipinski definition) is 1. The van der Waals surface area contributed by atoms with E-state index < -0.39 is 0 Å². The van der Waals surface area contributed by atoms with Crippen LogP contribution >= 0.6 is 0 Å². The Bertz CT molecular complexity index is 213. The molecule has 1 atom stereocenters. The number of nitrogens with zero attached hydrogens (tertiary/aromatic N) is 2. The predicted molar refractivity (Wildman–Crippen MR) is 55.0 cm³/mol. The third-order valence-electron chi connectivity index (χ3n) is 3.27. The second kappa shape index (κ2) is 4.17. The van der Waals surface area contributed by atoms with Gasteiger partial charge in [0.2, 0.25) is 0 Å².